The molecule has 2 aliphatic rings. The van der Waals surface area contributed by atoms with Crippen molar-refractivity contribution < 1.29 is 9.59 Å². The van der Waals surface area contributed by atoms with E-state index in [1.807, 2.05) is 17.0 Å². The van der Waals surface area contributed by atoms with E-state index in [0.717, 1.165) is 50.6 Å². The van der Waals surface area contributed by atoms with Crippen molar-refractivity contribution in [1.29, 1.82) is 0 Å². The maximum Gasteiger partial charge on any atom is 0.223 e. The number of carbonyl (C=O) groups excluding carboxylic acids is 2. The van der Waals surface area contributed by atoms with Gasteiger partial charge in [-0.2, -0.15) is 0 Å². The summed E-state index contributed by atoms with van der Waals surface area (Å²) in [7, 11) is 0. The van der Waals surface area contributed by atoms with E-state index < -0.39 is 0 Å². The van der Waals surface area contributed by atoms with Gasteiger partial charge in [-0.15, -0.1) is 0 Å². The summed E-state index contributed by atoms with van der Waals surface area (Å²) in [6, 6.07) is 17.2. The Kier molecular flexibility index (Phi) is 8.65. The number of piperidine rings is 1. The third-order valence-corrected chi connectivity index (χ3v) is 8.45. The molecule has 0 N–H and O–H groups in total. The third kappa shape index (κ3) is 6.74. The molecule has 4 rings (SSSR count). The number of amides is 2. The molecule has 37 heavy (non-hydrogen) atoms. The van der Waals surface area contributed by atoms with E-state index in [0.29, 0.717) is 12.3 Å². The minimum Gasteiger partial charge on any atom is -0.343 e. The lowest BCUT2D eigenvalue weighted by Gasteiger charge is -2.50. The van der Waals surface area contributed by atoms with Gasteiger partial charge in [0.2, 0.25) is 11.8 Å². The van der Waals surface area contributed by atoms with Gasteiger partial charge in [-0.3, -0.25) is 14.5 Å². The van der Waals surface area contributed by atoms with Crippen molar-refractivity contribution in [3.63, 3.8) is 0 Å². The van der Waals surface area contributed by atoms with E-state index >= 15 is 0 Å². The summed E-state index contributed by atoms with van der Waals surface area (Å²) in [6.07, 6.45) is 2.41. The second kappa shape index (κ2) is 11.6. The predicted molar refractivity (Wildman–Crippen MR) is 151 cm³/mol. The third-order valence-electron chi connectivity index (χ3n) is 8.20. The van der Waals surface area contributed by atoms with Crippen LogP contribution in [0, 0.1) is 18.3 Å². The molecule has 0 aliphatic carbocycles. The summed E-state index contributed by atoms with van der Waals surface area (Å²) in [5, 5.41) is 0.739. The molecule has 0 aromatic heterocycles. The average molecular weight is 524 g/mol. The molecule has 2 fully saturated rings. The molecule has 2 aliphatic heterocycles. The van der Waals surface area contributed by atoms with Gasteiger partial charge in [-0.05, 0) is 54.4 Å². The zero-order valence-corrected chi connectivity index (χ0v) is 23.8. The highest BCUT2D eigenvalue weighted by atomic mass is 35.5. The van der Waals surface area contributed by atoms with Gasteiger partial charge in [0, 0.05) is 57.1 Å². The molecule has 6 heteroatoms. The van der Waals surface area contributed by atoms with E-state index in [2.05, 4.69) is 73.9 Å². The second-order valence-electron chi connectivity index (χ2n) is 12.0. The minimum atomic E-state index is -0.0514. The number of hydrogen-bond donors (Lipinski definition) is 0. The van der Waals surface area contributed by atoms with Crippen LogP contribution in [0.2, 0.25) is 5.02 Å². The molecule has 1 unspecified atom stereocenters. The number of likely N-dealkylation sites (tertiary alicyclic amines) is 1. The molecule has 2 atom stereocenters. The van der Waals surface area contributed by atoms with Crippen LogP contribution < -0.4 is 0 Å². The SMILES string of the molecule is CC(=O)N1CCC(CC(=O)N2CCN(C(c3ccc(C)cc3)c3ccc(Cl)cc3)C[C@@H]2C(C)(C)C)CC1. The Balaban J connectivity index is 1.53. The van der Waals surface area contributed by atoms with E-state index in [9.17, 15) is 9.59 Å². The molecular formula is C31H42ClN3O2. The number of carbonyl (C=O) groups is 2. The van der Waals surface area contributed by atoms with Gasteiger partial charge < -0.3 is 9.80 Å². The Morgan fingerprint density at radius 2 is 1.49 bits per heavy atom. The molecule has 2 aromatic rings. The normalized spacial score (nSPS) is 20.6. The van der Waals surface area contributed by atoms with Gasteiger partial charge in [0.1, 0.15) is 0 Å². The predicted octanol–water partition coefficient (Wildman–Crippen LogP) is 5.95. The first-order valence-electron chi connectivity index (χ1n) is 13.6. The van der Waals surface area contributed by atoms with Gasteiger partial charge in [-0.25, -0.2) is 0 Å². The summed E-state index contributed by atoms with van der Waals surface area (Å²) in [5.41, 5.74) is 3.68. The number of halogens is 1. The molecular weight excluding hydrogens is 482 g/mol. The van der Waals surface area contributed by atoms with Gasteiger partial charge in [0.05, 0.1) is 6.04 Å². The fourth-order valence-corrected chi connectivity index (χ4v) is 6.03. The largest absolute Gasteiger partial charge is 0.343 e. The van der Waals surface area contributed by atoms with E-state index in [1.54, 1.807) is 6.92 Å². The summed E-state index contributed by atoms with van der Waals surface area (Å²) < 4.78 is 0. The Morgan fingerprint density at radius 3 is 2.03 bits per heavy atom. The van der Waals surface area contributed by atoms with Crippen molar-refractivity contribution >= 4 is 23.4 Å². The van der Waals surface area contributed by atoms with Crippen LogP contribution in [0.5, 0.6) is 0 Å². The molecule has 2 aromatic carbocycles. The topological polar surface area (TPSA) is 43.9 Å². The van der Waals surface area contributed by atoms with Crippen molar-refractivity contribution in [3.8, 4) is 0 Å². The van der Waals surface area contributed by atoms with Crippen molar-refractivity contribution in [2.45, 2.75) is 66.0 Å². The van der Waals surface area contributed by atoms with Crippen LogP contribution in [-0.4, -0.2) is 65.3 Å². The summed E-state index contributed by atoms with van der Waals surface area (Å²) >= 11 is 6.23. The minimum absolute atomic E-state index is 0.0514. The van der Waals surface area contributed by atoms with Crippen LogP contribution in [0.4, 0.5) is 0 Å². The van der Waals surface area contributed by atoms with Crippen LogP contribution >= 0.6 is 11.6 Å². The van der Waals surface area contributed by atoms with Gasteiger partial charge in [0.25, 0.3) is 0 Å². The molecule has 2 heterocycles. The summed E-state index contributed by atoms with van der Waals surface area (Å²) in [4.78, 5) is 31.9. The lowest BCUT2D eigenvalue weighted by Crippen LogP contribution is -2.60. The number of hydrogen-bond acceptors (Lipinski definition) is 3. The average Bonchev–Trinajstić information content (AvgIpc) is 2.86. The van der Waals surface area contributed by atoms with Gasteiger partial charge in [0.15, 0.2) is 0 Å². The van der Waals surface area contributed by atoms with Crippen molar-refractivity contribution in [2.75, 3.05) is 32.7 Å². The first-order valence-corrected chi connectivity index (χ1v) is 14.0. The lowest BCUT2D eigenvalue weighted by atomic mass is 9.82. The highest BCUT2D eigenvalue weighted by molar-refractivity contribution is 6.30. The highest BCUT2D eigenvalue weighted by Crippen LogP contribution is 2.36. The first-order chi connectivity index (χ1) is 17.5. The Labute approximate surface area is 227 Å². The van der Waals surface area contributed by atoms with Crippen molar-refractivity contribution in [2.24, 2.45) is 11.3 Å². The summed E-state index contributed by atoms with van der Waals surface area (Å²) in [6.45, 7) is 14.4. The standard InChI is InChI=1S/C31H42ClN3O2/c1-22-6-8-25(9-7-22)30(26-10-12-27(32)13-11-26)34-18-19-35(28(21-34)31(3,4)5)29(37)20-24-14-16-33(17-15-24)23(2)36/h6-13,24,28,30H,14-21H2,1-5H3/t28-,30?/m1/s1. The zero-order chi connectivity index (χ0) is 26.7. The van der Waals surface area contributed by atoms with Gasteiger partial charge >= 0.3 is 0 Å². The van der Waals surface area contributed by atoms with Crippen LogP contribution in [0.3, 0.4) is 0 Å². The van der Waals surface area contributed by atoms with Crippen molar-refractivity contribution in [3.05, 3.63) is 70.2 Å². The number of benzene rings is 2. The smallest absolute Gasteiger partial charge is 0.223 e. The number of rotatable bonds is 5. The summed E-state index contributed by atoms with van der Waals surface area (Å²) in [5.74, 6) is 0.757. The quantitative estimate of drug-likeness (QED) is 0.486. The van der Waals surface area contributed by atoms with Crippen LogP contribution in [0.15, 0.2) is 48.5 Å². The Morgan fingerprint density at radius 1 is 0.919 bits per heavy atom. The van der Waals surface area contributed by atoms with Crippen LogP contribution in [0.1, 0.15) is 69.7 Å². The molecule has 0 spiro atoms. The molecule has 0 saturated carbocycles. The second-order valence-corrected chi connectivity index (χ2v) is 12.4. The van der Waals surface area contributed by atoms with E-state index in [-0.39, 0.29) is 29.3 Å². The van der Waals surface area contributed by atoms with E-state index in [1.165, 1.54) is 16.7 Å². The Bertz CT molecular complexity index is 1020. The monoisotopic (exact) mass is 523 g/mol. The molecule has 0 radical (unpaired) electrons. The van der Waals surface area contributed by atoms with Gasteiger partial charge in [-0.1, -0.05) is 74.3 Å². The lowest BCUT2D eigenvalue weighted by molar-refractivity contribution is -0.141. The molecule has 2 amide bonds. The number of nitrogens with zero attached hydrogens (tertiary/aromatic N) is 3. The van der Waals surface area contributed by atoms with Crippen LogP contribution in [-0.2, 0) is 9.59 Å². The highest BCUT2D eigenvalue weighted by Gasteiger charge is 2.40. The molecule has 0 bridgehead atoms. The Hall–Kier alpha value is -2.37. The molecule has 200 valence electrons. The first kappa shape index (κ1) is 27.7. The van der Waals surface area contributed by atoms with Crippen molar-refractivity contribution in [1.82, 2.24) is 14.7 Å². The maximum absolute atomic E-state index is 13.6. The zero-order valence-electron chi connectivity index (χ0n) is 23.0. The fourth-order valence-electron chi connectivity index (χ4n) is 5.90. The van der Waals surface area contributed by atoms with Crippen LogP contribution in [0.25, 0.3) is 0 Å². The fraction of sp³-hybridized carbons (Fsp3) is 0.548. The van der Waals surface area contributed by atoms with E-state index in [4.69, 9.17) is 11.6 Å². The number of aryl methyl sites for hydroxylation is 1. The molecule has 2 saturated heterocycles. The maximum atomic E-state index is 13.6. The molecule has 5 nitrogen and oxygen atoms in total. The number of piperazine rings is 1.